The summed E-state index contributed by atoms with van der Waals surface area (Å²) in [6, 6.07) is 17.7. The van der Waals surface area contributed by atoms with E-state index in [4.69, 9.17) is 9.47 Å². The fourth-order valence-electron chi connectivity index (χ4n) is 4.14. The molecule has 1 saturated heterocycles. The molecule has 0 radical (unpaired) electrons. The SMILES string of the molecule is CCOc1ccc(C(c2c(NC(=O)c3ccccc3)sc(C)c2C)N2CCOCC2)cc1. The zero-order valence-electron chi connectivity index (χ0n) is 18.9. The van der Waals surface area contributed by atoms with Gasteiger partial charge in [0.25, 0.3) is 5.91 Å². The molecule has 4 rings (SSSR count). The van der Waals surface area contributed by atoms with Crippen LogP contribution in [0.3, 0.4) is 0 Å². The number of hydrogen-bond acceptors (Lipinski definition) is 5. The van der Waals surface area contributed by atoms with E-state index in [2.05, 4.69) is 36.2 Å². The number of rotatable bonds is 7. The molecule has 0 aliphatic carbocycles. The number of thiophene rings is 1. The van der Waals surface area contributed by atoms with Gasteiger partial charge in [-0.1, -0.05) is 30.3 Å². The molecule has 1 unspecified atom stereocenters. The Bertz CT molecular complexity index is 1040. The van der Waals surface area contributed by atoms with Crippen molar-refractivity contribution in [2.45, 2.75) is 26.8 Å². The molecule has 3 aromatic rings. The molecule has 1 aliphatic rings. The van der Waals surface area contributed by atoms with E-state index < -0.39 is 0 Å². The molecule has 5 nitrogen and oxygen atoms in total. The van der Waals surface area contributed by atoms with Crippen molar-refractivity contribution in [3.8, 4) is 5.75 Å². The largest absolute Gasteiger partial charge is 0.494 e. The second kappa shape index (κ2) is 10.3. The Kier molecular flexibility index (Phi) is 7.25. The summed E-state index contributed by atoms with van der Waals surface area (Å²) in [6.07, 6.45) is 0. The van der Waals surface area contributed by atoms with Crippen molar-refractivity contribution in [1.82, 2.24) is 4.90 Å². The smallest absolute Gasteiger partial charge is 0.256 e. The summed E-state index contributed by atoms with van der Waals surface area (Å²) in [4.78, 5) is 16.6. The van der Waals surface area contributed by atoms with Crippen LogP contribution in [-0.4, -0.2) is 43.7 Å². The number of carbonyl (C=O) groups excluding carboxylic acids is 1. The molecule has 2 aromatic carbocycles. The van der Waals surface area contributed by atoms with Crippen molar-refractivity contribution in [1.29, 1.82) is 0 Å². The molecule has 1 aliphatic heterocycles. The van der Waals surface area contributed by atoms with Crippen LogP contribution in [0.15, 0.2) is 54.6 Å². The first-order valence-electron chi connectivity index (χ1n) is 11.1. The van der Waals surface area contributed by atoms with E-state index in [1.807, 2.05) is 49.4 Å². The van der Waals surface area contributed by atoms with Crippen LogP contribution in [0.1, 0.15) is 44.9 Å². The van der Waals surface area contributed by atoms with Gasteiger partial charge in [-0.25, -0.2) is 0 Å². The van der Waals surface area contributed by atoms with Crippen molar-refractivity contribution in [2.24, 2.45) is 0 Å². The minimum atomic E-state index is -0.0829. The van der Waals surface area contributed by atoms with Gasteiger partial charge in [0.1, 0.15) is 10.8 Å². The number of morpholine rings is 1. The molecule has 1 fully saturated rings. The zero-order valence-corrected chi connectivity index (χ0v) is 19.7. The van der Waals surface area contributed by atoms with E-state index >= 15 is 0 Å². The predicted octanol–water partition coefficient (Wildman–Crippen LogP) is 5.44. The van der Waals surface area contributed by atoms with Crippen LogP contribution in [0.2, 0.25) is 0 Å². The monoisotopic (exact) mass is 450 g/mol. The maximum atomic E-state index is 13.0. The average Bonchev–Trinajstić information content (AvgIpc) is 3.09. The second-order valence-electron chi connectivity index (χ2n) is 7.90. The first kappa shape index (κ1) is 22.5. The summed E-state index contributed by atoms with van der Waals surface area (Å²) in [6.45, 7) is 10.0. The summed E-state index contributed by atoms with van der Waals surface area (Å²) < 4.78 is 11.3. The quantitative estimate of drug-likeness (QED) is 0.521. The lowest BCUT2D eigenvalue weighted by Crippen LogP contribution is -2.39. The van der Waals surface area contributed by atoms with Crippen LogP contribution in [0.4, 0.5) is 5.00 Å². The highest BCUT2D eigenvalue weighted by Crippen LogP contribution is 2.42. The number of hydrogen-bond donors (Lipinski definition) is 1. The second-order valence-corrected chi connectivity index (χ2v) is 9.12. The molecule has 1 amide bonds. The number of ether oxygens (including phenoxy) is 2. The lowest BCUT2D eigenvalue weighted by molar-refractivity contribution is 0.0240. The number of anilines is 1. The number of carbonyl (C=O) groups is 1. The van der Waals surface area contributed by atoms with E-state index in [0.717, 1.165) is 23.8 Å². The fraction of sp³-hybridized carbons (Fsp3) is 0.346. The van der Waals surface area contributed by atoms with Crippen LogP contribution < -0.4 is 10.1 Å². The molecule has 0 saturated carbocycles. The van der Waals surface area contributed by atoms with E-state index in [-0.39, 0.29) is 11.9 Å². The van der Waals surface area contributed by atoms with Gasteiger partial charge in [-0.15, -0.1) is 11.3 Å². The molecular formula is C26H30N2O3S. The highest BCUT2D eigenvalue weighted by molar-refractivity contribution is 7.16. The Morgan fingerprint density at radius 2 is 1.78 bits per heavy atom. The third-order valence-corrected chi connectivity index (χ3v) is 7.02. The van der Waals surface area contributed by atoms with Gasteiger partial charge in [0, 0.05) is 29.1 Å². The van der Waals surface area contributed by atoms with E-state index in [1.54, 1.807) is 11.3 Å². The summed E-state index contributed by atoms with van der Waals surface area (Å²) in [5.74, 6) is 0.785. The molecule has 2 heterocycles. The van der Waals surface area contributed by atoms with Crippen LogP contribution in [-0.2, 0) is 4.74 Å². The van der Waals surface area contributed by atoms with Crippen molar-refractivity contribution in [3.05, 3.63) is 81.7 Å². The van der Waals surface area contributed by atoms with Gasteiger partial charge >= 0.3 is 0 Å². The minimum Gasteiger partial charge on any atom is -0.494 e. The van der Waals surface area contributed by atoms with Crippen LogP contribution in [0.25, 0.3) is 0 Å². The number of nitrogens with one attached hydrogen (secondary N) is 1. The first-order valence-corrected chi connectivity index (χ1v) is 11.9. The number of benzene rings is 2. The van der Waals surface area contributed by atoms with Crippen LogP contribution in [0, 0.1) is 13.8 Å². The number of amides is 1. The average molecular weight is 451 g/mol. The summed E-state index contributed by atoms with van der Waals surface area (Å²) in [5.41, 5.74) is 4.24. The summed E-state index contributed by atoms with van der Waals surface area (Å²) in [7, 11) is 0. The molecule has 1 aromatic heterocycles. The van der Waals surface area contributed by atoms with Crippen molar-refractivity contribution in [3.63, 3.8) is 0 Å². The lowest BCUT2D eigenvalue weighted by atomic mass is 9.94. The highest BCUT2D eigenvalue weighted by atomic mass is 32.1. The summed E-state index contributed by atoms with van der Waals surface area (Å²) in [5, 5.41) is 4.12. The standard InChI is InChI=1S/C26H30N2O3S/c1-4-31-22-12-10-20(11-13-22)24(28-14-16-30-17-15-28)23-18(2)19(3)32-26(23)27-25(29)21-8-6-5-7-9-21/h5-13,24H,4,14-17H2,1-3H3,(H,27,29). The van der Waals surface area contributed by atoms with Gasteiger partial charge in [0.15, 0.2) is 0 Å². The molecule has 0 bridgehead atoms. The Morgan fingerprint density at radius 3 is 2.44 bits per heavy atom. The van der Waals surface area contributed by atoms with Crippen molar-refractivity contribution < 1.29 is 14.3 Å². The Labute approximate surface area is 194 Å². The van der Waals surface area contributed by atoms with Gasteiger partial charge in [0.2, 0.25) is 0 Å². The summed E-state index contributed by atoms with van der Waals surface area (Å²) >= 11 is 1.65. The third-order valence-electron chi connectivity index (χ3n) is 5.89. The van der Waals surface area contributed by atoms with E-state index in [1.165, 1.54) is 21.6 Å². The Hall–Kier alpha value is -2.67. The molecule has 32 heavy (non-hydrogen) atoms. The first-order chi connectivity index (χ1) is 15.6. The van der Waals surface area contributed by atoms with Crippen LogP contribution >= 0.6 is 11.3 Å². The van der Waals surface area contributed by atoms with Gasteiger partial charge in [-0.3, -0.25) is 9.69 Å². The molecule has 168 valence electrons. The molecular weight excluding hydrogens is 420 g/mol. The number of nitrogens with zero attached hydrogens (tertiary/aromatic N) is 1. The predicted molar refractivity (Wildman–Crippen MR) is 130 cm³/mol. The minimum absolute atomic E-state index is 0.0330. The molecule has 1 atom stereocenters. The van der Waals surface area contributed by atoms with Crippen molar-refractivity contribution in [2.75, 3.05) is 38.2 Å². The maximum absolute atomic E-state index is 13.0. The van der Waals surface area contributed by atoms with Crippen LogP contribution in [0.5, 0.6) is 5.75 Å². The van der Waals surface area contributed by atoms with Gasteiger partial charge < -0.3 is 14.8 Å². The highest BCUT2D eigenvalue weighted by Gasteiger charge is 2.30. The zero-order chi connectivity index (χ0) is 22.5. The molecule has 0 spiro atoms. The molecule has 6 heteroatoms. The van der Waals surface area contributed by atoms with E-state index in [0.29, 0.717) is 25.4 Å². The Balaban J connectivity index is 1.74. The van der Waals surface area contributed by atoms with Crippen molar-refractivity contribution >= 4 is 22.2 Å². The van der Waals surface area contributed by atoms with Gasteiger partial charge in [-0.05, 0) is 56.2 Å². The fourth-order valence-corrected chi connectivity index (χ4v) is 5.23. The lowest BCUT2D eigenvalue weighted by Gasteiger charge is -2.35. The van der Waals surface area contributed by atoms with Gasteiger partial charge in [0.05, 0.1) is 25.9 Å². The Morgan fingerprint density at radius 1 is 1.09 bits per heavy atom. The topological polar surface area (TPSA) is 50.8 Å². The van der Waals surface area contributed by atoms with E-state index in [9.17, 15) is 4.79 Å². The van der Waals surface area contributed by atoms with Gasteiger partial charge in [-0.2, -0.15) is 0 Å². The third kappa shape index (κ3) is 4.88. The number of aryl methyl sites for hydroxylation is 1. The molecule has 1 N–H and O–H groups in total. The maximum Gasteiger partial charge on any atom is 0.256 e. The normalized spacial score (nSPS) is 15.3.